The maximum atomic E-state index is 12.2. The van der Waals surface area contributed by atoms with Crippen LogP contribution < -0.4 is 5.32 Å². The molecule has 0 radical (unpaired) electrons. The molecule has 1 aliphatic heterocycles. The molecule has 1 amide bonds. The van der Waals surface area contributed by atoms with Gasteiger partial charge in [0.15, 0.2) is 5.82 Å². The first kappa shape index (κ1) is 14.3. The first-order valence-electron chi connectivity index (χ1n) is 8.14. The number of nitrogens with one attached hydrogen (secondary N) is 1. The predicted octanol–water partition coefficient (Wildman–Crippen LogP) is 2.00. The summed E-state index contributed by atoms with van der Waals surface area (Å²) in [6.45, 7) is 2.36. The molecular formula is C18H20N4O. The zero-order valence-corrected chi connectivity index (χ0v) is 13.0. The molecule has 1 spiro atoms. The number of aryl methyl sites for hydroxylation is 1. The highest BCUT2D eigenvalue weighted by atomic mass is 16.2. The molecule has 1 atom stereocenters. The van der Waals surface area contributed by atoms with Gasteiger partial charge in [0.2, 0.25) is 5.91 Å². The number of carbonyl (C=O) groups excluding carboxylic acids is 1. The number of likely N-dealkylation sites (tertiary alicyclic amines) is 1. The molecule has 5 heteroatoms. The Labute approximate surface area is 135 Å². The third kappa shape index (κ3) is 2.72. The Balaban J connectivity index is 1.41. The summed E-state index contributed by atoms with van der Waals surface area (Å²) in [5.74, 6) is 0.492. The fraction of sp³-hybridized carbons (Fsp3) is 0.389. The van der Waals surface area contributed by atoms with Crippen molar-refractivity contribution in [3.63, 3.8) is 0 Å². The van der Waals surface area contributed by atoms with Crippen molar-refractivity contribution in [3.8, 4) is 0 Å². The highest BCUT2D eigenvalue weighted by Crippen LogP contribution is 2.45. The summed E-state index contributed by atoms with van der Waals surface area (Å²) in [4.78, 5) is 14.5. The number of fused-ring (bicyclic) bond motifs is 2. The number of anilines is 1. The summed E-state index contributed by atoms with van der Waals surface area (Å²) >= 11 is 0. The van der Waals surface area contributed by atoms with Crippen LogP contribution in [-0.2, 0) is 16.6 Å². The van der Waals surface area contributed by atoms with Gasteiger partial charge in [0.05, 0.1) is 6.54 Å². The lowest BCUT2D eigenvalue weighted by Gasteiger charge is -2.25. The lowest BCUT2D eigenvalue weighted by atomic mass is 9.81. The highest BCUT2D eigenvalue weighted by Gasteiger charge is 2.43. The molecule has 1 fully saturated rings. The molecule has 118 valence electrons. The Bertz CT molecular complexity index is 718. The van der Waals surface area contributed by atoms with E-state index in [1.165, 1.54) is 17.5 Å². The summed E-state index contributed by atoms with van der Waals surface area (Å²) in [6.07, 6.45) is 5.10. The fourth-order valence-corrected chi connectivity index (χ4v) is 4.04. The number of aromatic nitrogens is 2. The molecule has 2 aromatic rings. The first-order chi connectivity index (χ1) is 11.3. The van der Waals surface area contributed by atoms with Crippen LogP contribution in [0, 0.1) is 0 Å². The first-order valence-corrected chi connectivity index (χ1v) is 8.14. The van der Waals surface area contributed by atoms with E-state index in [0.29, 0.717) is 12.4 Å². The van der Waals surface area contributed by atoms with Gasteiger partial charge >= 0.3 is 0 Å². The highest BCUT2D eigenvalue weighted by molar-refractivity contribution is 5.91. The van der Waals surface area contributed by atoms with E-state index in [0.717, 1.165) is 25.9 Å². The molecule has 1 unspecified atom stereocenters. The van der Waals surface area contributed by atoms with E-state index in [9.17, 15) is 4.79 Å². The van der Waals surface area contributed by atoms with Crippen molar-refractivity contribution in [2.75, 3.05) is 25.0 Å². The summed E-state index contributed by atoms with van der Waals surface area (Å²) in [5, 5.41) is 10.5. The quantitative estimate of drug-likeness (QED) is 0.942. The van der Waals surface area contributed by atoms with Crippen molar-refractivity contribution in [1.29, 1.82) is 0 Å². The normalized spacial score (nSPS) is 23.1. The van der Waals surface area contributed by atoms with Crippen LogP contribution in [0.4, 0.5) is 5.82 Å². The van der Waals surface area contributed by atoms with E-state index < -0.39 is 0 Å². The number of hydrogen-bond acceptors (Lipinski definition) is 4. The fourth-order valence-electron chi connectivity index (χ4n) is 4.04. The summed E-state index contributed by atoms with van der Waals surface area (Å²) in [5.41, 5.74) is 3.24. The maximum Gasteiger partial charge on any atom is 0.239 e. The molecule has 2 heterocycles. The summed E-state index contributed by atoms with van der Waals surface area (Å²) in [7, 11) is 0. The van der Waals surface area contributed by atoms with Crippen LogP contribution in [0.2, 0.25) is 0 Å². The molecule has 23 heavy (non-hydrogen) atoms. The van der Waals surface area contributed by atoms with Gasteiger partial charge in [-0.1, -0.05) is 24.3 Å². The zero-order chi connectivity index (χ0) is 15.7. The lowest BCUT2D eigenvalue weighted by molar-refractivity contribution is -0.117. The lowest BCUT2D eigenvalue weighted by Crippen LogP contribution is -2.34. The van der Waals surface area contributed by atoms with Crippen LogP contribution in [0.25, 0.3) is 0 Å². The van der Waals surface area contributed by atoms with Crippen molar-refractivity contribution in [2.24, 2.45) is 0 Å². The number of rotatable bonds is 3. The van der Waals surface area contributed by atoms with Gasteiger partial charge in [0.25, 0.3) is 0 Å². The van der Waals surface area contributed by atoms with Crippen molar-refractivity contribution < 1.29 is 4.79 Å². The van der Waals surface area contributed by atoms with Gasteiger partial charge in [0, 0.05) is 18.2 Å². The summed E-state index contributed by atoms with van der Waals surface area (Å²) in [6, 6.07) is 12.3. The predicted molar refractivity (Wildman–Crippen MR) is 88.2 cm³/mol. The topological polar surface area (TPSA) is 58.1 Å². The second-order valence-electron chi connectivity index (χ2n) is 6.56. The van der Waals surface area contributed by atoms with Gasteiger partial charge in [-0.25, -0.2) is 0 Å². The second kappa shape index (κ2) is 5.74. The number of carbonyl (C=O) groups is 1. The molecular weight excluding hydrogens is 288 g/mol. The van der Waals surface area contributed by atoms with Crippen LogP contribution in [0.3, 0.4) is 0 Å². The molecule has 5 nitrogen and oxygen atoms in total. The third-order valence-corrected chi connectivity index (χ3v) is 5.10. The average molecular weight is 308 g/mol. The number of nitrogens with zero attached hydrogens (tertiary/aromatic N) is 3. The standard InChI is InChI=1S/C18H20N4O/c23-17(20-16-6-3-10-19-21-16)12-22-11-9-18(13-22)8-7-14-4-1-2-5-15(14)18/h1-6,10H,7-9,11-13H2,(H,20,21,23). The summed E-state index contributed by atoms with van der Waals surface area (Å²) < 4.78 is 0. The number of amides is 1. The van der Waals surface area contributed by atoms with Crippen molar-refractivity contribution in [1.82, 2.24) is 15.1 Å². The van der Waals surface area contributed by atoms with E-state index in [1.54, 1.807) is 18.3 Å². The smallest absolute Gasteiger partial charge is 0.239 e. The largest absolute Gasteiger partial charge is 0.308 e. The van der Waals surface area contributed by atoms with Gasteiger partial charge < -0.3 is 5.32 Å². The monoisotopic (exact) mass is 308 g/mol. The van der Waals surface area contributed by atoms with Gasteiger partial charge in [-0.15, -0.1) is 5.10 Å². The Morgan fingerprint density at radius 1 is 1.22 bits per heavy atom. The van der Waals surface area contributed by atoms with Gasteiger partial charge in [-0.05, 0) is 49.1 Å². The SMILES string of the molecule is O=C(CN1CCC2(CCc3ccccc32)C1)Nc1cccnn1. The van der Waals surface area contributed by atoms with Crippen LogP contribution in [0.15, 0.2) is 42.6 Å². The minimum absolute atomic E-state index is 0.0196. The molecule has 2 aliphatic rings. The second-order valence-corrected chi connectivity index (χ2v) is 6.56. The van der Waals surface area contributed by atoms with Crippen molar-refractivity contribution >= 4 is 11.7 Å². The van der Waals surface area contributed by atoms with Crippen LogP contribution in [-0.4, -0.2) is 40.6 Å². The molecule has 0 bridgehead atoms. The minimum Gasteiger partial charge on any atom is -0.308 e. The third-order valence-electron chi connectivity index (χ3n) is 5.10. The van der Waals surface area contributed by atoms with Crippen LogP contribution in [0.1, 0.15) is 24.0 Å². The Morgan fingerprint density at radius 3 is 3.00 bits per heavy atom. The van der Waals surface area contributed by atoms with Crippen molar-refractivity contribution in [3.05, 3.63) is 53.7 Å². The number of benzene rings is 1. The molecule has 1 N–H and O–H groups in total. The molecule has 1 aliphatic carbocycles. The molecule has 1 aromatic carbocycles. The van der Waals surface area contributed by atoms with E-state index in [-0.39, 0.29) is 11.3 Å². The van der Waals surface area contributed by atoms with E-state index in [4.69, 9.17) is 0 Å². The number of hydrogen-bond donors (Lipinski definition) is 1. The maximum absolute atomic E-state index is 12.2. The van der Waals surface area contributed by atoms with Gasteiger partial charge in [0.1, 0.15) is 0 Å². The van der Waals surface area contributed by atoms with E-state index in [1.807, 2.05) is 0 Å². The van der Waals surface area contributed by atoms with Gasteiger partial charge in [-0.2, -0.15) is 5.10 Å². The Kier molecular flexibility index (Phi) is 3.58. The Morgan fingerprint density at radius 2 is 2.13 bits per heavy atom. The average Bonchev–Trinajstić information content (AvgIpc) is 3.14. The van der Waals surface area contributed by atoms with Crippen molar-refractivity contribution in [2.45, 2.75) is 24.7 Å². The molecule has 0 saturated carbocycles. The van der Waals surface area contributed by atoms with E-state index in [2.05, 4.69) is 44.7 Å². The molecule has 1 saturated heterocycles. The molecule has 4 rings (SSSR count). The van der Waals surface area contributed by atoms with Crippen LogP contribution in [0.5, 0.6) is 0 Å². The van der Waals surface area contributed by atoms with Gasteiger partial charge in [-0.3, -0.25) is 9.69 Å². The van der Waals surface area contributed by atoms with E-state index >= 15 is 0 Å². The van der Waals surface area contributed by atoms with Crippen LogP contribution >= 0.6 is 0 Å². The zero-order valence-electron chi connectivity index (χ0n) is 13.0. The molecule has 1 aromatic heterocycles. The minimum atomic E-state index is -0.0196. The Hall–Kier alpha value is -2.27.